The van der Waals surface area contributed by atoms with Gasteiger partial charge in [-0.1, -0.05) is 261 Å². The maximum absolute atomic E-state index is 2.43. The Morgan fingerprint density at radius 1 is 0.184 bits per heavy atom. The molecule has 0 bridgehead atoms. The molecule has 0 atom stereocenters. The van der Waals surface area contributed by atoms with Crippen molar-refractivity contribution in [2.45, 2.75) is 5.41 Å². The van der Waals surface area contributed by atoms with E-state index in [9.17, 15) is 0 Å². The zero-order valence-corrected chi connectivity index (χ0v) is 47.7. The summed E-state index contributed by atoms with van der Waals surface area (Å²) in [6, 6.07) is 126. The van der Waals surface area contributed by atoms with Crippen molar-refractivity contribution in [3.8, 4) is 89.3 Å². The highest BCUT2D eigenvalue weighted by molar-refractivity contribution is 6.13. The molecule has 1 aliphatic carbocycles. The Balaban J connectivity index is 0.657. The molecule has 2 heterocycles. The highest BCUT2D eigenvalue weighted by atomic mass is 15.0. The van der Waals surface area contributed by atoms with E-state index >= 15 is 0 Å². The van der Waals surface area contributed by atoms with Crippen LogP contribution in [0.2, 0.25) is 0 Å². The second kappa shape index (κ2) is 20.5. The van der Waals surface area contributed by atoms with Crippen LogP contribution < -0.4 is 0 Å². The summed E-state index contributed by atoms with van der Waals surface area (Å²) in [4.78, 5) is 0. The van der Waals surface area contributed by atoms with E-state index in [-0.39, 0.29) is 0 Å². The van der Waals surface area contributed by atoms with E-state index in [1.807, 2.05) is 0 Å². The molecule has 2 nitrogen and oxygen atoms in total. The number of fused-ring (bicyclic) bond motifs is 9. The maximum Gasteiger partial charge on any atom is 0.0713 e. The first-order chi connectivity index (χ1) is 43.1. The van der Waals surface area contributed by atoms with Crippen LogP contribution in [0.5, 0.6) is 0 Å². The fraction of sp³-hybridized carbons (Fsp3) is 0.0118. The fourth-order valence-electron chi connectivity index (χ4n) is 14.3. The summed E-state index contributed by atoms with van der Waals surface area (Å²) in [5.74, 6) is 0. The molecule has 0 radical (unpaired) electrons. The molecule has 87 heavy (non-hydrogen) atoms. The lowest BCUT2D eigenvalue weighted by molar-refractivity contribution is 0.769. The number of benzene rings is 14. The van der Waals surface area contributed by atoms with Gasteiger partial charge >= 0.3 is 0 Å². The first kappa shape index (κ1) is 50.2. The Labute approximate surface area is 506 Å². The van der Waals surface area contributed by atoms with Gasteiger partial charge in [-0.05, 0) is 179 Å². The van der Waals surface area contributed by atoms with Gasteiger partial charge in [-0.3, -0.25) is 0 Å². The van der Waals surface area contributed by atoms with E-state index in [0.29, 0.717) is 0 Å². The van der Waals surface area contributed by atoms with Crippen molar-refractivity contribution in [1.82, 2.24) is 9.13 Å². The van der Waals surface area contributed by atoms with Gasteiger partial charge in [0.05, 0.1) is 27.5 Å². The van der Waals surface area contributed by atoms with E-state index in [4.69, 9.17) is 0 Å². The fourth-order valence-corrected chi connectivity index (χ4v) is 14.3. The third-order valence-corrected chi connectivity index (χ3v) is 18.4. The van der Waals surface area contributed by atoms with Crippen molar-refractivity contribution in [1.29, 1.82) is 0 Å². The topological polar surface area (TPSA) is 9.86 Å². The van der Waals surface area contributed by atoms with E-state index in [2.05, 4.69) is 349 Å². The highest BCUT2D eigenvalue weighted by Gasteiger charge is 2.46. The molecule has 1 aliphatic rings. The number of rotatable bonds is 10. The van der Waals surface area contributed by atoms with Gasteiger partial charge in [-0.15, -0.1) is 0 Å². The summed E-state index contributed by atoms with van der Waals surface area (Å²) in [5.41, 5.74) is 28.6. The van der Waals surface area contributed by atoms with E-state index < -0.39 is 5.41 Å². The van der Waals surface area contributed by atoms with Gasteiger partial charge in [-0.2, -0.15) is 0 Å². The Morgan fingerprint density at radius 3 is 1.00 bits per heavy atom. The van der Waals surface area contributed by atoms with Gasteiger partial charge in [0.1, 0.15) is 0 Å². The minimum atomic E-state index is -0.542. The minimum absolute atomic E-state index is 0.542. The van der Waals surface area contributed by atoms with Gasteiger partial charge < -0.3 is 9.13 Å². The lowest BCUT2D eigenvalue weighted by Gasteiger charge is -2.34. The minimum Gasteiger partial charge on any atom is -0.309 e. The molecule has 0 saturated carbocycles. The van der Waals surface area contributed by atoms with Crippen LogP contribution >= 0.6 is 0 Å². The van der Waals surface area contributed by atoms with Crippen molar-refractivity contribution >= 4 is 43.6 Å². The SMILES string of the molecule is c1ccc(-c2cccc(-c3cccc(C4(c5cccc(-c6ccc(-c7ccc(-c8ccc(-n9c%10ccccc%10c%10cc(-c%11ccc%12c(c%11)c%11ccccc%11n%12-c%11ccccc%11)ccc%109)cc8)cc7)cc6)c5)c5ccccc5-c5ccccc54)c3)c2)cc1. The smallest absolute Gasteiger partial charge is 0.0713 e. The number of nitrogens with zero attached hydrogens (tertiary/aromatic N) is 2. The molecule has 406 valence electrons. The molecule has 0 aliphatic heterocycles. The normalized spacial score (nSPS) is 12.5. The molecule has 16 aromatic rings. The lowest BCUT2D eigenvalue weighted by Crippen LogP contribution is -2.28. The molecule has 2 aromatic heterocycles. The van der Waals surface area contributed by atoms with Crippen LogP contribution in [0.4, 0.5) is 0 Å². The lowest BCUT2D eigenvalue weighted by atomic mass is 9.67. The summed E-state index contributed by atoms with van der Waals surface area (Å²) in [6.45, 7) is 0. The summed E-state index contributed by atoms with van der Waals surface area (Å²) in [6.07, 6.45) is 0. The van der Waals surface area contributed by atoms with Crippen LogP contribution in [0.15, 0.2) is 340 Å². The molecular formula is C85H56N2. The number of para-hydroxylation sites is 3. The Morgan fingerprint density at radius 2 is 0.494 bits per heavy atom. The average Bonchev–Trinajstić information content (AvgIpc) is 1.93. The van der Waals surface area contributed by atoms with Gasteiger partial charge in [0, 0.05) is 32.9 Å². The molecule has 0 fully saturated rings. The van der Waals surface area contributed by atoms with Crippen molar-refractivity contribution in [2.75, 3.05) is 0 Å². The van der Waals surface area contributed by atoms with Crippen molar-refractivity contribution in [2.24, 2.45) is 0 Å². The van der Waals surface area contributed by atoms with Crippen LogP contribution in [0, 0.1) is 0 Å². The molecular weight excluding hydrogens is 1050 g/mol. The predicted octanol–water partition coefficient (Wildman–Crippen LogP) is 22.2. The second-order valence-corrected chi connectivity index (χ2v) is 23.2. The molecule has 0 unspecified atom stereocenters. The van der Waals surface area contributed by atoms with Gasteiger partial charge in [-0.25, -0.2) is 0 Å². The summed E-state index contributed by atoms with van der Waals surface area (Å²) >= 11 is 0. The summed E-state index contributed by atoms with van der Waals surface area (Å²) in [5, 5.41) is 4.99. The molecule has 0 saturated heterocycles. The van der Waals surface area contributed by atoms with Crippen LogP contribution in [-0.2, 0) is 5.41 Å². The third-order valence-electron chi connectivity index (χ3n) is 18.4. The molecule has 0 amide bonds. The van der Waals surface area contributed by atoms with Crippen LogP contribution in [0.3, 0.4) is 0 Å². The summed E-state index contributed by atoms with van der Waals surface area (Å²) < 4.78 is 4.79. The molecule has 14 aromatic carbocycles. The Hall–Kier alpha value is -11.3. The second-order valence-electron chi connectivity index (χ2n) is 23.2. The zero-order valence-electron chi connectivity index (χ0n) is 47.7. The van der Waals surface area contributed by atoms with Crippen LogP contribution in [0.1, 0.15) is 22.3 Å². The summed E-state index contributed by atoms with van der Waals surface area (Å²) in [7, 11) is 0. The van der Waals surface area contributed by atoms with E-state index in [0.717, 1.165) is 5.69 Å². The van der Waals surface area contributed by atoms with Crippen molar-refractivity contribution < 1.29 is 0 Å². The van der Waals surface area contributed by atoms with E-state index in [1.165, 1.54) is 149 Å². The number of hydrogen-bond donors (Lipinski definition) is 0. The Bertz CT molecular complexity index is 5250. The third kappa shape index (κ3) is 8.25. The predicted molar refractivity (Wildman–Crippen MR) is 365 cm³/mol. The van der Waals surface area contributed by atoms with Gasteiger partial charge in [0.15, 0.2) is 0 Å². The molecule has 2 heteroatoms. The largest absolute Gasteiger partial charge is 0.309 e. The Kier molecular flexibility index (Phi) is 11.8. The van der Waals surface area contributed by atoms with Crippen molar-refractivity contribution in [3.05, 3.63) is 362 Å². The number of hydrogen-bond acceptors (Lipinski definition) is 0. The van der Waals surface area contributed by atoms with E-state index in [1.54, 1.807) is 0 Å². The first-order valence-electron chi connectivity index (χ1n) is 30.1. The zero-order chi connectivity index (χ0) is 57.4. The van der Waals surface area contributed by atoms with Gasteiger partial charge in [0.2, 0.25) is 0 Å². The average molecular weight is 1110 g/mol. The monoisotopic (exact) mass is 1100 g/mol. The molecule has 17 rings (SSSR count). The molecule has 0 spiro atoms. The maximum atomic E-state index is 2.43. The van der Waals surface area contributed by atoms with Crippen molar-refractivity contribution in [3.63, 3.8) is 0 Å². The standard InChI is InChI=1S/C85H56N2/c1-3-18-57(19-4-1)63-20-15-21-64(52-63)66-23-17-25-70(54-66)85(79-32-11-7-28-73(79)74-29-8-12-33-80(74)85)69-24-16-22-65(53-69)62-42-40-59(41-43-62)58-36-38-60(39-37-58)61-44-48-72(49-45-61)87-82-35-14-10-31-76(82)78-56-68(47-51-84(78)87)67-46-50-83-77(55-67)75-30-9-13-34-81(75)86(83)71-26-5-2-6-27-71/h1-56H. The van der Waals surface area contributed by atoms with Gasteiger partial charge in [0.25, 0.3) is 0 Å². The highest BCUT2D eigenvalue weighted by Crippen LogP contribution is 2.57. The number of aromatic nitrogens is 2. The van der Waals surface area contributed by atoms with Crippen LogP contribution in [0.25, 0.3) is 133 Å². The first-order valence-corrected chi connectivity index (χ1v) is 30.1. The molecule has 0 N–H and O–H groups in total. The quantitative estimate of drug-likeness (QED) is 0.129. The van der Waals surface area contributed by atoms with Crippen LogP contribution in [-0.4, -0.2) is 9.13 Å².